The van der Waals surface area contributed by atoms with Gasteiger partial charge in [0.15, 0.2) is 0 Å². The standard InChI is InChI=1S/C17H14N2O.18CH4/c20-12-13-9-16(14-1-5-18-6-2-14)11-17(10-13)15-3-7-19-8-4-15;;;;;;;;;;;;;;;;;;/h1-11,20H,12H2;18*1H4. The van der Waals surface area contributed by atoms with Crippen LogP contribution in [0.3, 0.4) is 0 Å². The van der Waals surface area contributed by atoms with Gasteiger partial charge < -0.3 is 5.11 Å². The van der Waals surface area contributed by atoms with E-state index in [4.69, 9.17) is 0 Å². The first-order chi connectivity index (χ1) is 9.86. The molecule has 0 spiro atoms. The average molecular weight is 551 g/mol. The quantitative estimate of drug-likeness (QED) is 0.352. The second-order valence-corrected chi connectivity index (χ2v) is 4.55. The van der Waals surface area contributed by atoms with Gasteiger partial charge in [-0.2, -0.15) is 0 Å². The van der Waals surface area contributed by atoms with Crippen LogP contribution in [0.25, 0.3) is 22.3 Å². The van der Waals surface area contributed by atoms with E-state index < -0.39 is 0 Å². The Hall–Kier alpha value is -2.52. The summed E-state index contributed by atoms with van der Waals surface area (Å²) in [5, 5.41) is 9.46. The van der Waals surface area contributed by atoms with Gasteiger partial charge in [0.2, 0.25) is 0 Å². The van der Waals surface area contributed by atoms with Crippen LogP contribution in [0.2, 0.25) is 0 Å². The number of hydrogen-bond acceptors (Lipinski definition) is 3. The second-order valence-electron chi connectivity index (χ2n) is 4.55. The molecule has 242 valence electrons. The summed E-state index contributed by atoms with van der Waals surface area (Å²) in [6, 6.07) is 14.0. The van der Waals surface area contributed by atoms with E-state index in [1.807, 2.05) is 36.4 Å². The fourth-order valence-corrected chi connectivity index (χ4v) is 2.21. The number of nitrogens with zero attached hydrogens (tertiary/aromatic N) is 2. The van der Waals surface area contributed by atoms with Gasteiger partial charge in [-0.05, 0) is 70.3 Å². The molecular weight excluding hydrogens is 464 g/mol. The maximum Gasteiger partial charge on any atom is 0.0682 e. The van der Waals surface area contributed by atoms with Crippen LogP contribution in [-0.2, 0) is 6.61 Å². The van der Waals surface area contributed by atoms with Crippen LogP contribution in [0, 0.1) is 0 Å². The summed E-state index contributed by atoms with van der Waals surface area (Å²) < 4.78 is 0. The summed E-state index contributed by atoms with van der Waals surface area (Å²) >= 11 is 0. The van der Waals surface area contributed by atoms with Crippen molar-refractivity contribution in [1.29, 1.82) is 0 Å². The molecule has 3 rings (SSSR count). The van der Waals surface area contributed by atoms with E-state index in [0.29, 0.717) is 0 Å². The lowest BCUT2D eigenvalue weighted by atomic mass is 9.97. The minimum Gasteiger partial charge on any atom is -0.392 e. The highest BCUT2D eigenvalue weighted by atomic mass is 16.3. The predicted octanol–water partition coefficient (Wildman–Crippen LogP) is 14.8. The van der Waals surface area contributed by atoms with Crippen LogP contribution < -0.4 is 0 Å². The largest absolute Gasteiger partial charge is 0.392 e. The lowest BCUT2D eigenvalue weighted by Crippen LogP contribution is -1.89. The number of pyridine rings is 2. The number of aliphatic hydroxyl groups excluding tert-OH is 1. The zero-order chi connectivity index (χ0) is 13.8. The lowest BCUT2D eigenvalue weighted by molar-refractivity contribution is 0.282. The third kappa shape index (κ3) is 28.1. The van der Waals surface area contributed by atoms with Gasteiger partial charge in [-0.25, -0.2) is 0 Å². The smallest absolute Gasteiger partial charge is 0.0682 e. The van der Waals surface area contributed by atoms with E-state index in [0.717, 1.165) is 27.8 Å². The normalized spacial score (nSPS) is 5.50. The van der Waals surface area contributed by atoms with Crippen LogP contribution >= 0.6 is 0 Å². The molecule has 0 unspecified atom stereocenters. The minimum atomic E-state index is 0. The first-order valence-corrected chi connectivity index (χ1v) is 6.42. The Bertz CT molecular complexity index is 642. The van der Waals surface area contributed by atoms with Gasteiger partial charge in [0.1, 0.15) is 0 Å². The first kappa shape index (κ1) is 111. The Balaban J connectivity index is -0.0000000192. The topological polar surface area (TPSA) is 46.0 Å². The molecule has 0 fully saturated rings. The van der Waals surface area contributed by atoms with Gasteiger partial charge in [-0.3, -0.25) is 9.97 Å². The zero-order valence-corrected chi connectivity index (χ0v) is 10.9. The van der Waals surface area contributed by atoms with E-state index in [-0.39, 0.29) is 140 Å². The Morgan fingerprint density at radius 3 is 0.816 bits per heavy atom. The van der Waals surface area contributed by atoms with Crippen molar-refractivity contribution in [3.63, 3.8) is 0 Å². The van der Waals surface area contributed by atoms with E-state index in [9.17, 15) is 5.11 Å². The Morgan fingerprint density at radius 2 is 0.605 bits per heavy atom. The molecule has 2 aromatic heterocycles. The lowest BCUT2D eigenvalue weighted by Gasteiger charge is -2.09. The number of aromatic nitrogens is 2. The second kappa shape index (κ2) is 55.1. The SMILES string of the molecule is C.C.C.C.C.C.C.C.C.C.C.C.C.C.C.C.C.C.OCc1cc(-c2ccncc2)cc(-c2ccncc2)c1. The van der Waals surface area contributed by atoms with Crippen molar-refractivity contribution in [2.24, 2.45) is 0 Å². The van der Waals surface area contributed by atoms with Crippen molar-refractivity contribution in [3.8, 4) is 22.3 Å². The van der Waals surface area contributed by atoms with Crippen molar-refractivity contribution in [2.75, 3.05) is 0 Å². The highest BCUT2D eigenvalue weighted by Crippen LogP contribution is 2.27. The zero-order valence-electron chi connectivity index (χ0n) is 10.9. The van der Waals surface area contributed by atoms with Gasteiger partial charge in [0, 0.05) is 24.8 Å². The molecule has 0 radical (unpaired) electrons. The third-order valence-electron chi connectivity index (χ3n) is 3.20. The van der Waals surface area contributed by atoms with Crippen molar-refractivity contribution in [3.05, 3.63) is 72.8 Å². The van der Waals surface area contributed by atoms with E-state index in [1.54, 1.807) is 24.8 Å². The number of hydrogen-bond donors (Lipinski definition) is 1. The Morgan fingerprint density at radius 1 is 0.368 bits per heavy atom. The van der Waals surface area contributed by atoms with Crippen molar-refractivity contribution >= 4 is 0 Å². The number of benzene rings is 1. The number of rotatable bonds is 3. The monoisotopic (exact) mass is 551 g/mol. The van der Waals surface area contributed by atoms with Crippen LogP contribution in [0.5, 0.6) is 0 Å². The molecule has 0 atom stereocenters. The molecule has 0 bridgehead atoms. The van der Waals surface area contributed by atoms with Crippen LogP contribution in [-0.4, -0.2) is 15.1 Å². The van der Waals surface area contributed by atoms with Crippen LogP contribution in [0.4, 0.5) is 0 Å². The summed E-state index contributed by atoms with van der Waals surface area (Å²) in [5.74, 6) is 0. The summed E-state index contributed by atoms with van der Waals surface area (Å²) in [5.41, 5.74) is 5.22. The molecule has 0 saturated heterocycles. The van der Waals surface area contributed by atoms with Gasteiger partial charge in [0.25, 0.3) is 0 Å². The highest BCUT2D eigenvalue weighted by Gasteiger charge is 2.05. The predicted molar refractivity (Wildman–Crippen MR) is 200 cm³/mol. The maximum atomic E-state index is 9.46. The van der Waals surface area contributed by atoms with E-state index in [1.165, 1.54) is 0 Å². The molecule has 0 amide bonds. The van der Waals surface area contributed by atoms with Gasteiger partial charge >= 0.3 is 0 Å². The molecule has 0 aliphatic rings. The molecule has 3 aromatic rings. The maximum absolute atomic E-state index is 9.46. The van der Waals surface area contributed by atoms with Gasteiger partial charge in [-0.15, -0.1) is 0 Å². The number of aliphatic hydroxyl groups is 1. The van der Waals surface area contributed by atoms with Gasteiger partial charge in [-0.1, -0.05) is 134 Å². The molecule has 38 heavy (non-hydrogen) atoms. The fraction of sp³-hybridized carbons (Fsp3) is 0.543. The molecular formula is C35H86N2O. The molecule has 3 heteroatoms. The average Bonchev–Trinajstić information content (AvgIpc) is 2.56. The molecule has 0 aliphatic heterocycles. The minimum absolute atomic E-state index is 0. The van der Waals surface area contributed by atoms with E-state index >= 15 is 0 Å². The molecule has 0 saturated carbocycles. The molecule has 3 nitrogen and oxygen atoms in total. The van der Waals surface area contributed by atoms with Crippen LogP contribution in [0.1, 0.15) is 139 Å². The van der Waals surface area contributed by atoms with E-state index in [2.05, 4.69) is 16.0 Å². The van der Waals surface area contributed by atoms with Crippen molar-refractivity contribution in [1.82, 2.24) is 9.97 Å². The van der Waals surface area contributed by atoms with Crippen molar-refractivity contribution in [2.45, 2.75) is 140 Å². The molecule has 2 heterocycles. The summed E-state index contributed by atoms with van der Waals surface area (Å²) in [7, 11) is 0. The third-order valence-corrected chi connectivity index (χ3v) is 3.20. The molecule has 0 aliphatic carbocycles. The van der Waals surface area contributed by atoms with Crippen LogP contribution in [0.15, 0.2) is 67.3 Å². The Kier molecular flexibility index (Phi) is 161. The first-order valence-electron chi connectivity index (χ1n) is 6.42. The highest BCUT2D eigenvalue weighted by molar-refractivity contribution is 5.73. The fourth-order valence-electron chi connectivity index (χ4n) is 2.21. The summed E-state index contributed by atoms with van der Waals surface area (Å²) in [6.07, 6.45) is 7.08. The molecule has 1 N–H and O–H groups in total. The summed E-state index contributed by atoms with van der Waals surface area (Å²) in [4.78, 5) is 8.07. The summed E-state index contributed by atoms with van der Waals surface area (Å²) in [6.45, 7) is 0.0248. The van der Waals surface area contributed by atoms with Gasteiger partial charge in [0.05, 0.1) is 6.61 Å². The van der Waals surface area contributed by atoms with Crippen molar-refractivity contribution < 1.29 is 5.11 Å². The molecule has 1 aromatic carbocycles. The Labute approximate surface area is 250 Å².